The van der Waals surface area contributed by atoms with Gasteiger partial charge in [-0.2, -0.15) is 9.40 Å². The Morgan fingerprint density at radius 2 is 1.97 bits per heavy atom. The first-order valence-electron chi connectivity index (χ1n) is 10.0. The summed E-state index contributed by atoms with van der Waals surface area (Å²) in [6.07, 6.45) is 4.18. The maximum Gasteiger partial charge on any atom is 0.256 e. The van der Waals surface area contributed by atoms with Gasteiger partial charge in [0.25, 0.3) is 5.91 Å². The Hall–Kier alpha value is -2.23. The molecule has 0 atom stereocenters. The number of hydrogen-bond acceptors (Lipinski definition) is 5. The van der Waals surface area contributed by atoms with E-state index >= 15 is 0 Å². The predicted octanol–water partition coefficient (Wildman–Crippen LogP) is 2.52. The van der Waals surface area contributed by atoms with E-state index in [1.807, 2.05) is 6.92 Å². The minimum Gasteiger partial charge on any atom is -0.379 e. The fourth-order valence-electron chi connectivity index (χ4n) is 3.27. The van der Waals surface area contributed by atoms with E-state index in [-0.39, 0.29) is 10.8 Å². The maximum absolute atomic E-state index is 13.2. The summed E-state index contributed by atoms with van der Waals surface area (Å²) in [4.78, 5) is 13.0. The van der Waals surface area contributed by atoms with Crippen molar-refractivity contribution < 1.29 is 17.9 Å². The summed E-state index contributed by atoms with van der Waals surface area (Å²) in [5, 5.41) is 7.08. The van der Waals surface area contributed by atoms with E-state index in [1.54, 1.807) is 29.1 Å². The lowest BCUT2D eigenvalue weighted by atomic mass is 10.1. The average molecular weight is 421 g/mol. The van der Waals surface area contributed by atoms with Crippen LogP contribution in [0.25, 0.3) is 0 Å². The number of benzene rings is 1. The van der Waals surface area contributed by atoms with Gasteiger partial charge in [-0.25, -0.2) is 13.1 Å². The van der Waals surface area contributed by atoms with Crippen LogP contribution in [0.3, 0.4) is 0 Å². The van der Waals surface area contributed by atoms with Crippen LogP contribution in [-0.4, -0.2) is 54.7 Å². The number of aryl methyl sites for hydroxylation is 2. The molecule has 1 aromatic carbocycles. The molecule has 8 nitrogen and oxygen atoms in total. The van der Waals surface area contributed by atoms with Crippen LogP contribution in [0.2, 0.25) is 0 Å². The molecule has 0 unspecified atom stereocenters. The summed E-state index contributed by atoms with van der Waals surface area (Å²) < 4.78 is 34.7. The van der Waals surface area contributed by atoms with Crippen molar-refractivity contribution in [2.24, 2.45) is 0 Å². The Kier molecular flexibility index (Phi) is 7.05. The van der Waals surface area contributed by atoms with E-state index in [0.29, 0.717) is 56.2 Å². The third kappa shape index (κ3) is 4.85. The third-order valence-corrected chi connectivity index (χ3v) is 6.96. The highest BCUT2D eigenvalue weighted by molar-refractivity contribution is 7.89. The second kappa shape index (κ2) is 9.51. The Morgan fingerprint density at radius 3 is 2.66 bits per heavy atom. The van der Waals surface area contributed by atoms with Crippen molar-refractivity contribution in [2.75, 3.05) is 31.6 Å². The molecule has 0 radical (unpaired) electrons. The topological polar surface area (TPSA) is 93.5 Å². The number of rotatable bonds is 8. The Balaban J connectivity index is 1.86. The van der Waals surface area contributed by atoms with Gasteiger partial charge in [-0.1, -0.05) is 26.3 Å². The number of carbonyl (C=O) groups excluding carboxylic acids is 1. The van der Waals surface area contributed by atoms with Gasteiger partial charge in [0.2, 0.25) is 10.0 Å². The molecule has 1 saturated heterocycles. The second-order valence-corrected chi connectivity index (χ2v) is 8.85. The second-order valence-electron chi connectivity index (χ2n) is 6.94. The van der Waals surface area contributed by atoms with Crippen LogP contribution in [0, 0.1) is 0 Å². The number of nitrogens with zero attached hydrogens (tertiary/aromatic N) is 3. The average Bonchev–Trinajstić information content (AvgIpc) is 3.19. The first-order valence-corrected chi connectivity index (χ1v) is 11.4. The number of aromatic nitrogens is 2. The Bertz CT molecular complexity index is 949. The molecule has 0 bridgehead atoms. The van der Waals surface area contributed by atoms with Crippen LogP contribution >= 0.6 is 0 Å². The lowest BCUT2D eigenvalue weighted by molar-refractivity contribution is 0.0730. The lowest BCUT2D eigenvalue weighted by Crippen LogP contribution is -2.41. The van der Waals surface area contributed by atoms with Gasteiger partial charge in [-0.15, -0.1) is 0 Å². The number of morpholine rings is 1. The van der Waals surface area contributed by atoms with Crippen molar-refractivity contribution in [1.82, 2.24) is 14.1 Å². The number of amides is 1. The third-order valence-electron chi connectivity index (χ3n) is 4.98. The molecule has 158 valence electrons. The number of anilines is 1. The van der Waals surface area contributed by atoms with Crippen LogP contribution in [0.4, 0.5) is 5.82 Å². The van der Waals surface area contributed by atoms with Gasteiger partial charge in [0.1, 0.15) is 5.82 Å². The summed E-state index contributed by atoms with van der Waals surface area (Å²) >= 11 is 0. The van der Waals surface area contributed by atoms with Gasteiger partial charge >= 0.3 is 0 Å². The zero-order valence-electron chi connectivity index (χ0n) is 16.9. The molecular formula is C20H28N4O4S. The monoisotopic (exact) mass is 420 g/mol. The summed E-state index contributed by atoms with van der Waals surface area (Å²) in [6.45, 7) is 6.10. The first kappa shape index (κ1) is 21.5. The van der Waals surface area contributed by atoms with E-state index in [2.05, 4.69) is 17.3 Å². The molecule has 1 aliphatic rings. The van der Waals surface area contributed by atoms with Crippen LogP contribution in [-0.2, 0) is 27.7 Å². The quantitative estimate of drug-likeness (QED) is 0.708. The zero-order chi connectivity index (χ0) is 20.9. The molecule has 1 fully saturated rings. The fourth-order valence-corrected chi connectivity index (χ4v) is 5.00. The molecule has 0 aliphatic carbocycles. The lowest BCUT2D eigenvalue weighted by Gasteiger charge is -2.27. The highest BCUT2D eigenvalue weighted by atomic mass is 32.2. The van der Waals surface area contributed by atoms with Crippen LogP contribution in [0.15, 0.2) is 35.4 Å². The smallest absolute Gasteiger partial charge is 0.256 e. The number of hydrogen-bond donors (Lipinski definition) is 1. The Morgan fingerprint density at radius 1 is 1.21 bits per heavy atom. The highest BCUT2D eigenvalue weighted by Gasteiger charge is 2.29. The van der Waals surface area contributed by atoms with E-state index in [4.69, 9.17) is 4.74 Å². The minimum atomic E-state index is -3.69. The summed E-state index contributed by atoms with van der Waals surface area (Å²) in [7, 11) is -3.69. The molecule has 1 aromatic heterocycles. The molecule has 1 N–H and O–H groups in total. The van der Waals surface area contributed by atoms with Crippen molar-refractivity contribution in [1.29, 1.82) is 0 Å². The van der Waals surface area contributed by atoms with Gasteiger partial charge < -0.3 is 10.1 Å². The van der Waals surface area contributed by atoms with Crippen molar-refractivity contribution in [3.8, 4) is 0 Å². The highest BCUT2D eigenvalue weighted by Crippen LogP contribution is 2.24. The molecule has 29 heavy (non-hydrogen) atoms. The maximum atomic E-state index is 13.2. The molecule has 1 aliphatic heterocycles. The van der Waals surface area contributed by atoms with Gasteiger partial charge in [-0.05, 0) is 30.5 Å². The molecule has 2 aromatic rings. The van der Waals surface area contributed by atoms with Crippen LogP contribution < -0.4 is 5.32 Å². The van der Waals surface area contributed by atoms with Gasteiger partial charge in [0.15, 0.2) is 0 Å². The largest absolute Gasteiger partial charge is 0.379 e. The number of ether oxygens (including phenoxy) is 1. The zero-order valence-corrected chi connectivity index (χ0v) is 17.7. The van der Waals surface area contributed by atoms with E-state index < -0.39 is 10.0 Å². The molecule has 3 rings (SSSR count). The number of nitrogens with one attached hydrogen (secondary N) is 1. The van der Waals surface area contributed by atoms with Crippen LogP contribution in [0.5, 0.6) is 0 Å². The number of unbranched alkanes of at least 4 members (excludes halogenated alkanes) is 1. The Labute approximate surface area is 171 Å². The molecule has 9 heteroatoms. The summed E-state index contributed by atoms with van der Waals surface area (Å²) in [5.41, 5.74) is 0.998. The van der Waals surface area contributed by atoms with Crippen molar-refractivity contribution in [2.45, 2.75) is 44.6 Å². The van der Waals surface area contributed by atoms with E-state index in [1.165, 1.54) is 10.4 Å². The molecule has 0 spiro atoms. The molecule has 2 heterocycles. The minimum absolute atomic E-state index is 0.189. The van der Waals surface area contributed by atoms with Crippen molar-refractivity contribution in [3.05, 3.63) is 41.6 Å². The standard InChI is InChI=1S/C20H28N4O4S/c1-3-5-10-24-19(8-9-21-24)22-20(25)17-7-6-16(4-2)18(15-17)29(26,27)23-11-13-28-14-12-23/h6-9,15H,3-5,10-14H2,1-2H3,(H,22,25). The van der Waals surface area contributed by atoms with E-state index in [0.717, 1.165) is 12.8 Å². The normalized spacial score (nSPS) is 15.4. The fraction of sp³-hybridized carbons (Fsp3) is 0.500. The van der Waals surface area contributed by atoms with Gasteiger partial charge in [0.05, 0.1) is 24.3 Å². The summed E-state index contributed by atoms with van der Waals surface area (Å²) in [5.74, 6) is 0.241. The van der Waals surface area contributed by atoms with Crippen molar-refractivity contribution >= 4 is 21.7 Å². The predicted molar refractivity (Wildman–Crippen MR) is 110 cm³/mol. The SMILES string of the molecule is CCCCn1nccc1NC(=O)c1ccc(CC)c(S(=O)(=O)N2CCOCC2)c1. The first-order chi connectivity index (χ1) is 14.0. The van der Waals surface area contributed by atoms with Crippen LogP contribution in [0.1, 0.15) is 42.6 Å². The van der Waals surface area contributed by atoms with Crippen molar-refractivity contribution in [3.63, 3.8) is 0 Å². The molecule has 0 saturated carbocycles. The van der Waals surface area contributed by atoms with Gasteiger partial charge in [0, 0.05) is 31.3 Å². The number of sulfonamides is 1. The number of carbonyl (C=O) groups is 1. The summed E-state index contributed by atoms with van der Waals surface area (Å²) in [6, 6.07) is 6.60. The molecular weight excluding hydrogens is 392 g/mol. The molecule has 1 amide bonds. The van der Waals surface area contributed by atoms with Gasteiger partial charge in [-0.3, -0.25) is 4.79 Å². The van der Waals surface area contributed by atoms with E-state index in [9.17, 15) is 13.2 Å².